The molecule has 0 bridgehead atoms. The molecule has 18 heavy (non-hydrogen) atoms. The third kappa shape index (κ3) is 4.19. The van der Waals surface area contributed by atoms with Gasteiger partial charge in [0, 0.05) is 10.6 Å². The third-order valence-electron chi connectivity index (χ3n) is 2.83. The zero-order valence-electron chi connectivity index (χ0n) is 11.2. The van der Waals surface area contributed by atoms with Gasteiger partial charge in [0.05, 0.1) is 6.04 Å². The van der Waals surface area contributed by atoms with Crippen LogP contribution < -0.4 is 5.32 Å². The number of hydrogen-bond donors (Lipinski definition) is 1. The van der Waals surface area contributed by atoms with Crippen molar-refractivity contribution in [3.63, 3.8) is 0 Å². The fourth-order valence-electron chi connectivity index (χ4n) is 1.82. The van der Waals surface area contributed by atoms with Gasteiger partial charge < -0.3 is 5.32 Å². The van der Waals surface area contributed by atoms with Crippen LogP contribution in [0, 0.1) is 0 Å². The molecule has 1 N–H and O–H groups in total. The smallest absolute Gasteiger partial charge is 0.247 e. The second-order valence-corrected chi connectivity index (χ2v) is 4.72. The molecule has 1 unspecified atom stereocenters. The van der Waals surface area contributed by atoms with Crippen LogP contribution in [-0.4, -0.2) is 5.91 Å². The van der Waals surface area contributed by atoms with Crippen molar-refractivity contribution in [3.8, 4) is 0 Å². The van der Waals surface area contributed by atoms with E-state index in [1.807, 2.05) is 51.1 Å². The lowest BCUT2D eigenvalue weighted by molar-refractivity contribution is -0.118. The summed E-state index contributed by atoms with van der Waals surface area (Å²) >= 11 is 5.97. The quantitative estimate of drug-likeness (QED) is 0.792. The van der Waals surface area contributed by atoms with Crippen LogP contribution in [0.3, 0.4) is 0 Å². The van der Waals surface area contributed by atoms with Gasteiger partial charge in [-0.05, 0) is 37.5 Å². The molecule has 0 aliphatic rings. The lowest BCUT2D eigenvalue weighted by Crippen LogP contribution is -2.28. The van der Waals surface area contributed by atoms with Crippen molar-refractivity contribution in [2.24, 2.45) is 0 Å². The van der Waals surface area contributed by atoms with Crippen LogP contribution in [0.25, 0.3) is 0 Å². The third-order valence-corrected chi connectivity index (χ3v) is 3.07. The van der Waals surface area contributed by atoms with E-state index in [9.17, 15) is 4.79 Å². The van der Waals surface area contributed by atoms with Crippen molar-refractivity contribution in [1.29, 1.82) is 0 Å². The molecule has 0 saturated heterocycles. The molecule has 0 aliphatic heterocycles. The highest BCUT2D eigenvalue weighted by Gasteiger charge is 2.13. The number of allylic oxidation sites excluding steroid dienone is 1. The number of hydrogen-bond acceptors (Lipinski definition) is 1. The molecule has 0 fully saturated rings. The van der Waals surface area contributed by atoms with Gasteiger partial charge >= 0.3 is 0 Å². The molecule has 1 aromatic carbocycles. The maximum Gasteiger partial charge on any atom is 0.247 e. The van der Waals surface area contributed by atoms with Gasteiger partial charge in [-0.25, -0.2) is 0 Å². The zero-order valence-corrected chi connectivity index (χ0v) is 11.9. The van der Waals surface area contributed by atoms with Crippen LogP contribution >= 0.6 is 11.6 Å². The summed E-state index contributed by atoms with van der Waals surface area (Å²) < 4.78 is 0. The average molecular weight is 266 g/mol. The van der Waals surface area contributed by atoms with E-state index in [1.54, 1.807) is 0 Å². The first-order chi connectivity index (χ1) is 8.58. The normalized spacial score (nSPS) is 13.2. The maximum atomic E-state index is 11.9. The molecule has 1 aromatic rings. The Morgan fingerprint density at radius 1 is 1.44 bits per heavy atom. The molecular formula is C15H20ClNO. The SMILES string of the molecule is CCC=C(C)C(=O)NC(CC)c1cccc(Cl)c1. The van der Waals surface area contributed by atoms with Gasteiger partial charge in [-0.3, -0.25) is 4.79 Å². The molecule has 98 valence electrons. The van der Waals surface area contributed by atoms with E-state index in [2.05, 4.69) is 5.32 Å². The van der Waals surface area contributed by atoms with Crippen molar-refractivity contribution in [2.45, 2.75) is 39.7 Å². The molecule has 2 nitrogen and oxygen atoms in total. The molecule has 1 atom stereocenters. The van der Waals surface area contributed by atoms with Gasteiger partial charge in [0.15, 0.2) is 0 Å². The van der Waals surface area contributed by atoms with Crippen molar-refractivity contribution < 1.29 is 4.79 Å². The molecule has 0 aromatic heterocycles. The predicted octanol–water partition coefficient (Wildman–Crippen LogP) is 4.26. The molecule has 0 spiro atoms. The predicted molar refractivity (Wildman–Crippen MR) is 76.7 cm³/mol. The zero-order chi connectivity index (χ0) is 13.5. The van der Waals surface area contributed by atoms with Gasteiger partial charge in [-0.2, -0.15) is 0 Å². The van der Waals surface area contributed by atoms with E-state index < -0.39 is 0 Å². The number of carbonyl (C=O) groups excluding carboxylic acids is 1. The van der Waals surface area contributed by atoms with Gasteiger partial charge in [0.1, 0.15) is 0 Å². The van der Waals surface area contributed by atoms with Gasteiger partial charge in [-0.15, -0.1) is 0 Å². The van der Waals surface area contributed by atoms with Gasteiger partial charge in [0.25, 0.3) is 0 Å². The van der Waals surface area contributed by atoms with Crippen LogP contribution in [0.4, 0.5) is 0 Å². The van der Waals surface area contributed by atoms with Crippen molar-refractivity contribution in [1.82, 2.24) is 5.32 Å². The van der Waals surface area contributed by atoms with Crippen molar-refractivity contribution in [2.75, 3.05) is 0 Å². The number of halogens is 1. The van der Waals surface area contributed by atoms with E-state index in [4.69, 9.17) is 11.6 Å². The topological polar surface area (TPSA) is 29.1 Å². The molecule has 1 rings (SSSR count). The molecule has 0 radical (unpaired) electrons. The Labute approximate surface area is 114 Å². The van der Waals surface area contributed by atoms with Crippen LogP contribution in [0.2, 0.25) is 5.02 Å². The van der Waals surface area contributed by atoms with E-state index in [1.165, 1.54) is 0 Å². The molecule has 0 aliphatic carbocycles. The first-order valence-electron chi connectivity index (χ1n) is 6.31. The second-order valence-electron chi connectivity index (χ2n) is 4.28. The molecular weight excluding hydrogens is 246 g/mol. The summed E-state index contributed by atoms with van der Waals surface area (Å²) in [5, 5.41) is 3.72. The number of benzene rings is 1. The highest BCUT2D eigenvalue weighted by Crippen LogP contribution is 2.20. The Kier molecular flexibility index (Phi) is 5.93. The van der Waals surface area contributed by atoms with Crippen molar-refractivity contribution >= 4 is 17.5 Å². The Morgan fingerprint density at radius 3 is 2.72 bits per heavy atom. The highest BCUT2D eigenvalue weighted by atomic mass is 35.5. The maximum absolute atomic E-state index is 11.9. The standard InChI is InChI=1S/C15H20ClNO/c1-4-7-11(3)15(18)17-14(5-2)12-8-6-9-13(16)10-12/h6-10,14H,4-5H2,1-3H3,(H,17,18). The Bertz CT molecular complexity index is 440. The fourth-order valence-corrected chi connectivity index (χ4v) is 2.01. The van der Waals surface area contributed by atoms with Gasteiger partial charge in [0.2, 0.25) is 5.91 Å². The Balaban J connectivity index is 2.80. The number of rotatable bonds is 5. The first-order valence-corrected chi connectivity index (χ1v) is 6.69. The summed E-state index contributed by atoms with van der Waals surface area (Å²) in [5.41, 5.74) is 1.81. The summed E-state index contributed by atoms with van der Waals surface area (Å²) in [6.45, 7) is 5.90. The van der Waals surface area contributed by atoms with E-state index >= 15 is 0 Å². The lowest BCUT2D eigenvalue weighted by atomic mass is 10.0. The van der Waals surface area contributed by atoms with E-state index in [-0.39, 0.29) is 11.9 Å². The molecule has 3 heteroatoms. The minimum atomic E-state index is -0.0105. The monoisotopic (exact) mass is 265 g/mol. The lowest BCUT2D eigenvalue weighted by Gasteiger charge is -2.18. The van der Waals surface area contributed by atoms with E-state index in [0.717, 1.165) is 24.0 Å². The van der Waals surface area contributed by atoms with Gasteiger partial charge in [-0.1, -0.05) is 43.7 Å². The van der Waals surface area contributed by atoms with Crippen LogP contribution in [0.1, 0.15) is 45.2 Å². The highest BCUT2D eigenvalue weighted by molar-refractivity contribution is 6.30. The Hall–Kier alpha value is -1.28. The second kappa shape index (κ2) is 7.22. The van der Waals surface area contributed by atoms with Crippen LogP contribution in [0.5, 0.6) is 0 Å². The summed E-state index contributed by atoms with van der Waals surface area (Å²) in [4.78, 5) is 11.9. The summed E-state index contributed by atoms with van der Waals surface area (Å²) in [6, 6.07) is 7.63. The van der Waals surface area contributed by atoms with E-state index in [0.29, 0.717) is 5.02 Å². The number of nitrogens with one attached hydrogen (secondary N) is 1. The molecule has 1 amide bonds. The van der Waals surface area contributed by atoms with Crippen LogP contribution in [-0.2, 0) is 4.79 Å². The minimum Gasteiger partial charge on any atom is -0.346 e. The largest absolute Gasteiger partial charge is 0.346 e. The first kappa shape index (κ1) is 14.8. The molecule has 0 heterocycles. The number of amides is 1. The minimum absolute atomic E-state index is 0.0105. The number of carbonyl (C=O) groups is 1. The Morgan fingerprint density at radius 2 is 2.17 bits per heavy atom. The fraction of sp³-hybridized carbons (Fsp3) is 0.400. The molecule has 0 saturated carbocycles. The van der Waals surface area contributed by atoms with Crippen LogP contribution in [0.15, 0.2) is 35.9 Å². The summed E-state index contributed by atoms with van der Waals surface area (Å²) in [7, 11) is 0. The average Bonchev–Trinajstić information content (AvgIpc) is 2.35. The summed E-state index contributed by atoms with van der Waals surface area (Å²) in [5.74, 6) is -0.0105. The van der Waals surface area contributed by atoms with Crippen molar-refractivity contribution in [3.05, 3.63) is 46.5 Å². The summed E-state index contributed by atoms with van der Waals surface area (Å²) in [6.07, 6.45) is 3.64.